The van der Waals surface area contributed by atoms with Crippen LogP contribution in [0.15, 0.2) is 15.8 Å². The lowest BCUT2D eigenvalue weighted by Gasteiger charge is -2.06. The van der Waals surface area contributed by atoms with Gasteiger partial charge in [-0.1, -0.05) is 0 Å². The number of carbonyl (C=O) groups is 1. The molecule has 3 aromatic heterocycles. The normalized spacial score (nSPS) is 11.7. The average Bonchev–Trinajstić information content (AvgIpc) is 3.06. The number of aryl methyl sites for hydroxylation is 3. The van der Waals surface area contributed by atoms with Gasteiger partial charge in [-0.15, -0.1) is 0 Å². The van der Waals surface area contributed by atoms with Gasteiger partial charge in [-0.05, 0) is 20.3 Å². The van der Waals surface area contributed by atoms with Gasteiger partial charge < -0.3 is 9.30 Å². The molecule has 0 N–H and O–H groups in total. The number of hydrogen-bond acceptors (Lipinski definition) is 5. The number of ether oxygens (including phenoxy) is 1. The van der Waals surface area contributed by atoms with E-state index in [1.54, 1.807) is 18.6 Å². The highest BCUT2D eigenvalue weighted by Crippen LogP contribution is 2.16. The van der Waals surface area contributed by atoms with Crippen LogP contribution in [0.3, 0.4) is 0 Å². The van der Waals surface area contributed by atoms with E-state index in [1.807, 2.05) is 17.7 Å². The van der Waals surface area contributed by atoms with Crippen LogP contribution in [-0.4, -0.2) is 42.6 Å². The van der Waals surface area contributed by atoms with Crippen LogP contribution in [0.2, 0.25) is 0 Å². The lowest BCUT2D eigenvalue weighted by atomic mass is 10.4. The lowest BCUT2D eigenvalue weighted by molar-refractivity contribution is -0.117. The summed E-state index contributed by atoms with van der Waals surface area (Å²) in [7, 11) is 3.20. The molecule has 25 heavy (non-hydrogen) atoms. The Kier molecular flexibility index (Phi) is 4.34. The molecule has 0 bridgehead atoms. The number of hydrogen-bond donors (Lipinski definition) is 0. The van der Waals surface area contributed by atoms with Crippen molar-refractivity contribution in [3.05, 3.63) is 32.7 Å². The monoisotopic (exact) mass is 347 g/mol. The Morgan fingerprint density at radius 1 is 1.28 bits per heavy atom. The summed E-state index contributed by atoms with van der Waals surface area (Å²) in [4.78, 5) is 41.1. The lowest BCUT2D eigenvalue weighted by Crippen LogP contribution is -2.40. The van der Waals surface area contributed by atoms with Crippen molar-refractivity contribution in [2.24, 2.45) is 7.05 Å². The summed E-state index contributed by atoms with van der Waals surface area (Å²) in [5, 5.41) is 0. The number of aromatic nitrogens is 5. The molecular formula is C16H21N5O4. The molecule has 134 valence electrons. The van der Waals surface area contributed by atoms with Gasteiger partial charge in [0.05, 0.1) is 6.54 Å². The standard InChI is InChI=1S/C16H21N5O4/c1-10-8-20-12-13(17-15(20)19(10)6-5-7-25-4)18(3)16(24)21(14(12)23)9-11(2)22/h8H,5-7,9H2,1-4H3. The molecule has 9 nitrogen and oxygen atoms in total. The first-order chi connectivity index (χ1) is 11.9. The molecule has 3 aromatic rings. The summed E-state index contributed by atoms with van der Waals surface area (Å²) >= 11 is 0. The largest absolute Gasteiger partial charge is 0.385 e. The zero-order valence-electron chi connectivity index (χ0n) is 14.8. The molecule has 0 fully saturated rings. The summed E-state index contributed by atoms with van der Waals surface area (Å²) in [6.07, 6.45) is 2.62. The zero-order chi connectivity index (χ0) is 18.3. The molecule has 0 unspecified atom stereocenters. The minimum atomic E-state index is -0.545. The number of ketones is 1. The Morgan fingerprint density at radius 3 is 2.64 bits per heavy atom. The van der Waals surface area contributed by atoms with Crippen LogP contribution in [0.25, 0.3) is 16.9 Å². The fourth-order valence-corrected chi connectivity index (χ4v) is 3.06. The zero-order valence-corrected chi connectivity index (χ0v) is 14.8. The molecule has 0 aliphatic rings. The second-order valence-corrected chi connectivity index (χ2v) is 6.16. The van der Waals surface area contributed by atoms with Gasteiger partial charge in [-0.2, -0.15) is 4.98 Å². The Balaban J connectivity index is 2.30. The van der Waals surface area contributed by atoms with Crippen LogP contribution in [0.5, 0.6) is 0 Å². The first kappa shape index (κ1) is 17.2. The summed E-state index contributed by atoms with van der Waals surface area (Å²) in [5.41, 5.74) is 0.509. The number of carbonyl (C=O) groups excluding carboxylic acids is 1. The van der Waals surface area contributed by atoms with E-state index in [9.17, 15) is 14.4 Å². The SMILES string of the molecule is COCCCn1c(C)cn2c3c(=O)n(CC(C)=O)c(=O)n(C)c3nc12. The van der Waals surface area contributed by atoms with Crippen molar-refractivity contribution in [1.82, 2.24) is 23.1 Å². The van der Waals surface area contributed by atoms with Crippen molar-refractivity contribution in [3.63, 3.8) is 0 Å². The van der Waals surface area contributed by atoms with Gasteiger partial charge in [0.15, 0.2) is 11.2 Å². The molecule has 0 saturated heterocycles. The van der Waals surface area contributed by atoms with Crippen LogP contribution in [0.1, 0.15) is 19.0 Å². The van der Waals surface area contributed by atoms with Crippen molar-refractivity contribution in [2.45, 2.75) is 33.4 Å². The second kappa shape index (κ2) is 6.32. The van der Waals surface area contributed by atoms with Crippen LogP contribution >= 0.6 is 0 Å². The molecule has 9 heteroatoms. The Hall–Kier alpha value is -2.68. The third-order valence-electron chi connectivity index (χ3n) is 4.25. The number of fused-ring (bicyclic) bond motifs is 3. The van der Waals surface area contributed by atoms with E-state index in [0.29, 0.717) is 30.1 Å². The van der Waals surface area contributed by atoms with Gasteiger partial charge in [-0.3, -0.25) is 23.1 Å². The maximum Gasteiger partial charge on any atom is 0.332 e. The van der Waals surface area contributed by atoms with Gasteiger partial charge in [-0.25, -0.2) is 4.79 Å². The van der Waals surface area contributed by atoms with E-state index >= 15 is 0 Å². The Labute approximate surface area is 143 Å². The average molecular weight is 347 g/mol. The predicted molar refractivity (Wildman–Crippen MR) is 92.1 cm³/mol. The van der Waals surface area contributed by atoms with Gasteiger partial charge in [0, 0.05) is 39.2 Å². The smallest absolute Gasteiger partial charge is 0.332 e. The fourth-order valence-electron chi connectivity index (χ4n) is 3.06. The highest BCUT2D eigenvalue weighted by Gasteiger charge is 2.20. The summed E-state index contributed by atoms with van der Waals surface area (Å²) in [6, 6.07) is 0. The van der Waals surface area contributed by atoms with Crippen LogP contribution in [-0.2, 0) is 29.7 Å². The van der Waals surface area contributed by atoms with E-state index in [2.05, 4.69) is 4.98 Å². The number of imidazole rings is 2. The van der Waals surface area contributed by atoms with E-state index in [0.717, 1.165) is 16.7 Å². The molecule has 0 aliphatic carbocycles. The quantitative estimate of drug-likeness (QED) is 0.589. The molecule has 0 aliphatic heterocycles. The predicted octanol–water partition coefficient (Wildman–Crippen LogP) is 0.0833. The van der Waals surface area contributed by atoms with E-state index in [-0.39, 0.29) is 12.3 Å². The van der Waals surface area contributed by atoms with Crippen molar-refractivity contribution in [2.75, 3.05) is 13.7 Å². The molecule has 0 aromatic carbocycles. The third kappa shape index (κ3) is 2.70. The first-order valence-corrected chi connectivity index (χ1v) is 8.03. The second-order valence-electron chi connectivity index (χ2n) is 6.16. The number of nitrogens with zero attached hydrogens (tertiary/aromatic N) is 5. The van der Waals surface area contributed by atoms with Gasteiger partial charge in [0.2, 0.25) is 5.78 Å². The van der Waals surface area contributed by atoms with Gasteiger partial charge >= 0.3 is 5.69 Å². The van der Waals surface area contributed by atoms with Crippen LogP contribution in [0.4, 0.5) is 0 Å². The highest BCUT2D eigenvalue weighted by atomic mass is 16.5. The summed E-state index contributed by atoms with van der Waals surface area (Å²) in [5.74, 6) is 0.337. The molecule has 0 amide bonds. The molecule has 0 spiro atoms. The molecule has 3 rings (SSSR count). The fraction of sp³-hybridized carbons (Fsp3) is 0.500. The van der Waals surface area contributed by atoms with E-state index < -0.39 is 11.2 Å². The van der Waals surface area contributed by atoms with Crippen molar-refractivity contribution in [1.29, 1.82) is 0 Å². The van der Waals surface area contributed by atoms with Crippen molar-refractivity contribution < 1.29 is 9.53 Å². The first-order valence-electron chi connectivity index (χ1n) is 8.03. The highest BCUT2D eigenvalue weighted by molar-refractivity contribution is 5.77. The van der Waals surface area contributed by atoms with Crippen LogP contribution in [0, 0.1) is 6.92 Å². The van der Waals surface area contributed by atoms with Crippen molar-refractivity contribution >= 4 is 22.7 Å². The topological polar surface area (TPSA) is 92.5 Å². The van der Waals surface area contributed by atoms with Crippen molar-refractivity contribution in [3.8, 4) is 0 Å². The van der Waals surface area contributed by atoms with Gasteiger partial charge in [0.25, 0.3) is 5.56 Å². The Bertz CT molecular complexity index is 1080. The Morgan fingerprint density at radius 2 is 2.00 bits per heavy atom. The van der Waals surface area contributed by atoms with Gasteiger partial charge in [0.1, 0.15) is 5.78 Å². The maximum absolute atomic E-state index is 12.8. The molecule has 0 radical (unpaired) electrons. The number of rotatable bonds is 6. The number of Topliss-reactive ketones (excluding diaryl/α,β-unsaturated/α-hetero) is 1. The van der Waals surface area contributed by atoms with E-state index in [4.69, 9.17) is 4.74 Å². The summed E-state index contributed by atoms with van der Waals surface area (Å²) < 4.78 is 11.0. The minimum Gasteiger partial charge on any atom is -0.385 e. The number of methoxy groups -OCH3 is 1. The van der Waals surface area contributed by atoms with E-state index in [1.165, 1.54) is 11.5 Å². The molecule has 0 atom stereocenters. The maximum atomic E-state index is 12.8. The van der Waals surface area contributed by atoms with Crippen LogP contribution < -0.4 is 11.2 Å². The molecule has 0 saturated carbocycles. The minimum absolute atomic E-state index is 0.248. The molecule has 3 heterocycles. The molecular weight excluding hydrogens is 326 g/mol. The third-order valence-corrected chi connectivity index (χ3v) is 4.25. The summed E-state index contributed by atoms with van der Waals surface area (Å²) in [6.45, 7) is 4.34.